The number of ether oxygens (including phenoxy) is 1. The third-order valence-electron chi connectivity index (χ3n) is 4.21. The van der Waals surface area contributed by atoms with Crippen molar-refractivity contribution in [3.8, 4) is 16.9 Å². The molecule has 0 bridgehead atoms. The van der Waals surface area contributed by atoms with E-state index in [1.165, 1.54) is 35.1 Å². The largest absolute Gasteiger partial charge is 0.489 e. The first kappa shape index (κ1) is 16.3. The summed E-state index contributed by atoms with van der Waals surface area (Å²) >= 11 is 0. The normalized spacial score (nSPS) is 10.5. The van der Waals surface area contributed by atoms with Crippen LogP contribution in [0.2, 0.25) is 0 Å². The minimum absolute atomic E-state index is 0.601. The van der Waals surface area contributed by atoms with Gasteiger partial charge in [0, 0.05) is 0 Å². The van der Waals surface area contributed by atoms with Gasteiger partial charge in [-0.1, -0.05) is 80.1 Å². The summed E-state index contributed by atoms with van der Waals surface area (Å²) in [6.07, 6.45) is 3.63. The lowest BCUT2D eigenvalue weighted by atomic mass is 10.0. The van der Waals surface area contributed by atoms with Crippen molar-refractivity contribution in [2.24, 2.45) is 0 Å². The molecule has 0 aliphatic carbocycles. The summed E-state index contributed by atoms with van der Waals surface area (Å²) in [5.74, 6) is 0.933. The molecule has 0 spiro atoms. The third-order valence-corrected chi connectivity index (χ3v) is 4.21. The van der Waals surface area contributed by atoms with E-state index in [1.54, 1.807) is 0 Å². The second-order valence-corrected chi connectivity index (χ2v) is 6.10. The maximum Gasteiger partial charge on any atom is 0.119 e. The van der Waals surface area contributed by atoms with Crippen molar-refractivity contribution >= 4 is 0 Å². The van der Waals surface area contributed by atoms with Gasteiger partial charge in [-0.05, 0) is 47.2 Å². The molecule has 0 aromatic heterocycles. The Balaban J connectivity index is 1.57. The standard InChI is InChI=1S/C23H24O/c1-2-3-7-19-12-16-23(17-13-19)24-18-20-10-14-22(15-11-20)21-8-5-4-6-9-21/h4-6,8-17H,2-3,7,18H2,1H3. The van der Waals surface area contributed by atoms with Crippen LogP contribution in [0.25, 0.3) is 11.1 Å². The Morgan fingerprint density at radius 3 is 1.96 bits per heavy atom. The molecule has 0 aliphatic rings. The maximum atomic E-state index is 5.90. The number of aryl methyl sites for hydroxylation is 1. The van der Waals surface area contributed by atoms with E-state index in [9.17, 15) is 0 Å². The van der Waals surface area contributed by atoms with Crippen molar-refractivity contribution in [1.82, 2.24) is 0 Å². The van der Waals surface area contributed by atoms with Crippen LogP contribution in [0.3, 0.4) is 0 Å². The van der Waals surface area contributed by atoms with Crippen molar-refractivity contribution < 1.29 is 4.74 Å². The van der Waals surface area contributed by atoms with E-state index in [2.05, 4.69) is 79.7 Å². The van der Waals surface area contributed by atoms with E-state index in [0.717, 1.165) is 12.2 Å². The van der Waals surface area contributed by atoms with Gasteiger partial charge in [-0.2, -0.15) is 0 Å². The van der Waals surface area contributed by atoms with Crippen LogP contribution in [0.4, 0.5) is 0 Å². The van der Waals surface area contributed by atoms with E-state index in [0.29, 0.717) is 6.61 Å². The highest BCUT2D eigenvalue weighted by molar-refractivity contribution is 5.63. The molecule has 0 atom stereocenters. The van der Waals surface area contributed by atoms with E-state index in [-0.39, 0.29) is 0 Å². The molecule has 3 aromatic rings. The van der Waals surface area contributed by atoms with Crippen molar-refractivity contribution in [1.29, 1.82) is 0 Å². The van der Waals surface area contributed by atoms with Crippen LogP contribution in [-0.2, 0) is 13.0 Å². The number of unbranched alkanes of at least 4 members (excludes halogenated alkanes) is 1. The molecular weight excluding hydrogens is 292 g/mol. The lowest BCUT2D eigenvalue weighted by molar-refractivity contribution is 0.306. The van der Waals surface area contributed by atoms with Gasteiger partial charge < -0.3 is 4.74 Å². The van der Waals surface area contributed by atoms with Crippen molar-refractivity contribution in [2.45, 2.75) is 32.8 Å². The molecule has 0 aliphatic heterocycles. The first-order valence-electron chi connectivity index (χ1n) is 8.71. The van der Waals surface area contributed by atoms with Crippen LogP contribution in [0, 0.1) is 0 Å². The second kappa shape index (κ2) is 8.35. The highest BCUT2D eigenvalue weighted by Gasteiger charge is 2.00. The molecule has 0 fully saturated rings. The van der Waals surface area contributed by atoms with Gasteiger partial charge in [-0.15, -0.1) is 0 Å². The van der Waals surface area contributed by atoms with Crippen LogP contribution in [-0.4, -0.2) is 0 Å². The topological polar surface area (TPSA) is 9.23 Å². The van der Waals surface area contributed by atoms with Crippen molar-refractivity contribution in [3.63, 3.8) is 0 Å². The number of hydrogen-bond donors (Lipinski definition) is 0. The minimum Gasteiger partial charge on any atom is -0.489 e. The zero-order valence-corrected chi connectivity index (χ0v) is 14.2. The molecule has 0 amide bonds. The number of rotatable bonds is 7. The minimum atomic E-state index is 0.601. The monoisotopic (exact) mass is 316 g/mol. The van der Waals surface area contributed by atoms with E-state index in [4.69, 9.17) is 4.74 Å². The highest BCUT2D eigenvalue weighted by atomic mass is 16.5. The lowest BCUT2D eigenvalue weighted by Crippen LogP contribution is -1.95. The van der Waals surface area contributed by atoms with Gasteiger partial charge in [-0.25, -0.2) is 0 Å². The van der Waals surface area contributed by atoms with Gasteiger partial charge in [0.2, 0.25) is 0 Å². The summed E-state index contributed by atoms with van der Waals surface area (Å²) in [5.41, 5.74) is 5.05. The fraction of sp³-hybridized carbons (Fsp3) is 0.217. The Labute approximate surface area is 144 Å². The number of benzene rings is 3. The summed E-state index contributed by atoms with van der Waals surface area (Å²) in [4.78, 5) is 0. The quantitative estimate of drug-likeness (QED) is 0.499. The summed E-state index contributed by atoms with van der Waals surface area (Å²) in [5, 5.41) is 0. The third kappa shape index (κ3) is 4.48. The van der Waals surface area contributed by atoms with Gasteiger partial charge in [-0.3, -0.25) is 0 Å². The SMILES string of the molecule is CCCCc1ccc(OCc2ccc(-c3ccccc3)cc2)cc1. The van der Waals surface area contributed by atoms with Gasteiger partial charge in [0.1, 0.15) is 12.4 Å². The first-order chi connectivity index (χ1) is 11.8. The molecule has 0 unspecified atom stereocenters. The lowest BCUT2D eigenvalue weighted by Gasteiger charge is -2.08. The molecule has 0 saturated heterocycles. The Morgan fingerprint density at radius 1 is 0.667 bits per heavy atom. The molecule has 122 valence electrons. The predicted molar refractivity (Wildman–Crippen MR) is 101 cm³/mol. The molecule has 0 N–H and O–H groups in total. The average Bonchev–Trinajstić information content (AvgIpc) is 2.67. The molecular formula is C23H24O. The van der Waals surface area contributed by atoms with Crippen LogP contribution in [0.5, 0.6) is 5.75 Å². The second-order valence-electron chi connectivity index (χ2n) is 6.10. The van der Waals surface area contributed by atoms with Gasteiger partial charge in [0.25, 0.3) is 0 Å². The summed E-state index contributed by atoms with van der Waals surface area (Å²) in [6.45, 7) is 2.82. The zero-order valence-electron chi connectivity index (χ0n) is 14.2. The Hall–Kier alpha value is -2.54. The zero-order chi connectivity index (χ0) is 16.6. The average molecular weight is 316 g/mol. The smallest absolute Gasteiger partial charge is 0.119 e. The van der Waals surface area contributed by atoms with Crippen molar-refractivity contribution in [3.05, 3.63) is 90.0 Å². The highest BCUT2D eigenvalue weighted by Crippen LogP contribution is 2.20. The predicted octanol–water partition coefficient (Wildman–Crippen LogP) is 6.28. The molecule has 0 saturated carbocycles. The van der Waals surface area contributed by atoms with E-state index in [1.807, 2.05) is 6.07 Å². The van der Waals surface area contributed by atoms with Crippen molar-refractivity contribution in [2.75, 3.05) is 0 Å². The number of hydrogen-bond acceptors (Lipinski definition) is 1. The van der Waals surface area contributed by atoms with Gasteiger partial charge in [0.05, 0.1) is 0 Å². The fourth-order valence-corrected chi connectivity index (χ4v) is 2.72. The van der Waals surface area contributed by atoms with E-state index < -0.39 is 0 Å². The summed E-state index contributed by atoms with van der Waals surface area (Å²) in [7, 11) is 0. The molecule has 1 nitrogen and oxygen atoms in total. The van der Waals surface area contributed by atoms with Crippen LogP contribution in [0.15, 0.2) is 78.9 Å². The first-order valence-corrected chi connectivity index (χ1v) is 8.71. The fourth-order valence-electron chi connectivity index (χ4n) is 2.72. The van der Waals surface area contributed by atoms with Gasteiger partial charge >= 0.3 is 0 Å². The Kier molecular flexibility index (Phi) is 5.68. The maximum absolute atomic E-state index is 5.90. The van der Waals surface area contributed by atoms with E-state index >= 15 is 0 Å². The van der Waals surface area contributed by atoms with Crippen LogP contribution >= 0.6 is 0 Å². The Bertz CT molecular complexity index is 727. The molecule has 0 radical (unpaired) electrons. The summed E-state index contributed by atoms with van der Waals surface area (Å²) in [6, 6.07) is 27.5. The van der Waals surface area contributed by atoms with Crippen LogP contribution in [0.1, 0.15) is 30.9 Å². The molecule has 3 rings (SSSR count). The Morgan fingerprint density at radius 2 is 1.29 bits per heavy atom. The molecule has 24 heavy (non-hydrogen) atoms. The van der Waals surface area contributed by atoms with Crippen LogP contribution < -0.4 is 4.74 Å². The molecule has 3 aromatic carbocycles. The summed E-state index contributed by atoms with van der Waals surface area (Å²) < 4.78 is 5.90. The van der Waals surface area contributed by atoms with Gasteiger partial charge in [0.15, 0.2) is 0 Å². The molecule has 0 heterocycles. The molecule has 1 heteroatoms.